The van der Waals surface area contributed by atoms with Gasteiger partial charge in [-0.05, 0) is 0 Å². The topological polar surface area (TPSA) is 54.7 Å². The summed E-state index contributed by atoms with van der Waals surface area (Å²) in [5.41, 5.74) is 0.557. The molecule has 20 heavy (non-hydrogen) atoms. The Kier molecular flexibility index (Phi) is 4.50. The lowest BCUT2D eigenvalue weighted by Gasteiger charge is -2.29. The van der Waals surface area contributed by atoms with Crippen LogP contribution in [0.5, 0.6) is 5.75 Å². The third-order valence-electron chi connectivity index (χ3n) is 3.62. The zero-order chi connectivity index (χ0) is 14.8. The predicted octanol–water partition coefficient (Wildman–Crippen LogP) is 1.18. The molecule has 1 aliphatic rings. The summed E-state index contributed by atoms with van der Waals surface area (Å²) in [5.74, 6) is 0.0440. The first-order valence-electron chi connectivity index (χ1n) is 7.12. The number of aromatic hydroxyl groups is 1. The molecule has 112 valence electrons. The molecule has 1 aromatic rings. The van der Waals surface area contributed by atoms with E-state index in [-0.39, 0.29) is 16.7 Å². The van der Waals surface area contributed by atoms with E-state index in [1.165, 1.54) is 6.07 Å². The minimum Gasteiger partial charge on any atom is -0.508 e. The molecule has 0 saturated carbocycles. The van der Waals surface area contributed by atoms with Crippen molar-refractivity contribution in [2.45, 2.75) is 32.7 Å². The fourth-order valence-corrected chi connectivity index (χ4v) is 2.50. The molecule has 0 atom stereocenters. The second kappa shape index (κ2) is 5.97. The molecule has 0 radical (unpaired) electrons. The van der Waals surface area contributed by atoms with Gasteiger partial charge in [0.15, 0.2) is 0 Å². The minimum absolute atomic E-state index is 0.0440. The van der Waals surface area contributed by atoms with E-state index in [4.69, 9.17) is 4.74 Å². The highest BCUT2D eigenvalue weighted by Gasteiger charge is 2.20. The van der Waals surface area contributed by atoms with E-state index in [9.17, 15) is 9.90 Å². The molecule has 0 bridgehead atoms. The monoisotopic (exact) mass is 280 g/mol. The van der Waals surface area contributed by atoms with Gasteiger partial charge in [0.05, 0.1) is 13.2 Å². The molecule has 0 aromatic carbocycles. The number of pyridine rings is 1. The van der Waals surface area contributed by atoms with Crippen molar-refractivity contribution in [3.63, 3.8) is 0 Å². The van der Waals surface area contributed by atoms with Crippen LogP contribution in [0.2, 0.25) is 0 Å². The van der Waals surface area contributed by atoms with E-state index in [2.05, 4.69) is 4.90 Å². The largest absolute Gasteiger partial charge is 0.508 e. The summed E-state index contributed by atoms with van der Waals surface area (Å²) >= 11 is 0. The second-order valence-electron chi connectivity index (χ2n) is 6.29. The number of ether oxygens (including phenoxy) is 1. The zero-order valence-corrected chi connectivity index (χ0v) is 12.6. The Morgan fingerprint density at radius 1 is 1.20 bits per heavy atom. The molecular weight excluding hydrogens is 256 g/mol. The van der Waals surface area contributed by atoms with Crippen molar-refractivity contribution in [3.05, 3.63) is 28.2 Å². The van der Waals surface area contributed by atoms with Crippen LogP contribution in [-0.4, -0.2) is 47.4 Å². The van der Waals surface area contributed by atoms with E-state index >= 15 is 0 Å². The molecule has 0 aliphatic carbocycles. The maximum atomic E-state index is 12.1. The Morgan fingerprint density at radius 2 is 1.85 bits per heavy atom. The number of hydrogen-bond acceptors (Lipinski definition) is 4. The van der Waals surface area contributed by atoms with Gasteiger partial charge >= 0.3 is 0 Å². The van der Waals surface area contributed by atoms with Gasteiger partial charge in [0.1, 0.15) is 5.75 Å². The highest BCUT2D eigenvalue weighted by molar-refractivity contribution is 5.26. The number of nitrogens with zero attached hydrogens (tertiary/aromatic N) is 2. The maximum Gasteiger partial charge on any atom is 0.254 e. The molecule has 5 nitrogen and oxygen atoms in total. The van der Waals surface area contributed by atoms with Gasteiger partial charge in [0.25, 0.3) is 5.56 Å². The van der Waals surface area contributed by atoms with Gasteiger partial charge in [-0.25, -0.2) is 0 Å². The minimum atomic E-state index is -0.178. The molecule has 1 fully saturated rings. The SMILES string of the molecule is CC(C)(C)c1cc(O)cc(=O)n1CCN1CCOCC1. The van der Waals surface area contributed by atoms with Crippen molar-refractivity contribution in [2.75, 3.05) is 32.8 Å². The van der Waals surface area contributed by atoms with Crippen LogP contribution in [0.3, 0.4) is 0 Å². The smallest absolute Gasteiger partial charge is 0.254 e. The predicted molar refractivity (Wildman–Crippen MR) is 78.3 cm³/mol. The Hall–Kier alpha value is -1.33. The normalized spacial score (nSPS) is 17.4. The van der Waals surface area contributed by atoms with Crippen LogP contribution < -0.4 is 5.56 Å². The van der Waals surface area contributed by atoms with E-state index in [1.807, 2.05) is 20.8 Å². The molecule has 0 spiro atoms. The molecule has 0 amide bonds. The van der Waals surface area contributed by atoms with E-state index in [1.54, 1.807) is 10.6 Å². The van der Waals surface area contributed by atoms with Gasteiger partial charge < -0.3 is 14.4 Å². The van der Waals surface area contributed by atoms with Gasteiger partial charge in [-0.1, -0.05) is 20.8 Å². The summed E-state index contributed by atoms with van der Waals surface area (Å²) in [6.45, 7) is 11.0. The number of rotatable bonds is 3. The lowest BCUT2D eigenvalue weighted by molar-refractivity contribution is 0.0361. The van der Waals surface area contributed by atoms with Crippen LogP contribution in [0, 0.1) is 0 Å². The van der Waals surface area contributed by atoms with Crippen molar-refractivity contribution in [3.8, 4) is 5.75 Å². The van der Waals surface area contributed by atoms with Crippen LogP contribution >= 0.6 is 0 Å². The summed E-state index contributed by atoms with van der Waals surface area (Å²) in [7, 11) is 0. The zero-order valence-electron chi connectivity index (χ0n) is 12.6. The van der Waals surface area contributed by atoms with Crippen LogP contribution in [0.15, 0.2) is 16.9 Å². The number of hydrogen-bond donors (Lipinski definition) is 1. The Balaban J connectivity index is 2.19. The van der Waals surface area contributed by atoms with Crippen molar-refractivity contribution >= 4 is 0 Å². The summed E-state index contributed by atoms with van der Waals surface area (Å²) in [6.07, 6.45) is 0. The van der Waals surface area contributed by atoms with E-state index < -0.39 is 0 Å². The highest BCUT2D eigenvalue weighted by Crippen LogP contribution is 2.23. The summed E-state index contributed by atoms with van der Waals surface area (Å²) in [6, 6.07) is 2.98. The molecule has 0 unspecified atom stereocenters. The molecule has 1 N–H and O–H groups in total. The third-order valence-corrected chi connectivity index (χ3v) is 3.62. The van der Waals surface area contributed by atoms with Crippen molar-refractivity contribution < 1.29 is 9.84 Å². The van der Waals surface area contributed by atoms with Gasteiger partial charge in [-0.2, -0.15) is 0 Å². The molecule has 1 aromatic heterocycles. The lowest BCUT2D eigenvalue weighted by Crippen LogP contribution is -2.40. The molecular formula is C15H24N2O3. The lowest BCUT2D eigenvalue weighted by atomic mass is 9.91. The molecule has 1 saturated heterocycles. The molecule has 1 aliphatic heterocycles. The highest BCUT2D eigenvalue weighted by atomic mass is 16.5. The average molecular weight is 280 g/mol. The fourth-order valence-electron chi connectivity index (χ4n) is 2.50. The van der Waals surface area contributed by atoms with Gasteiger partial charge in [0.2, 0.25) is 0 Å². The van der Waals surface area contributed by atoms with Crippen LogP contribution in [0.1, 0.15) is 26.5 Å². The fraction of sp³-hybridized carbons (Fsp3) is 0.667. The Bertz CT molecular complexity index is 511. The first-order chi connectivity index (χ1) is 9.38. The van der Waals surface area contributed by atoms with Crippen molar-refractivity contribution in [1.82, 2.24) is 9.47 Å². The van der Waals surface area contributed by atoms with Gasteiger partial charge in [0, 0.05) is 49.4 Å². The Morgan fingerprint density at radius 3 is 2.45 bits per heavy atom. The van der Waals surface area contributed by atoms with Crippen LogP contribution in [0.25, 0.3) is 0 Å². The standard InChI is InChI=1S/C15H24N2O3/c1-15(2,3)13-10-12(18)11-14(19)17(13)5-4-16-6-8-20-9-7-16/h10-11,18H,4-9H2,1-3H3. The van der Waals surface area contributed by atoms with Gasteiger partial charge in [-0.15, -0.1) is 0 Å². The first kappa shape index (κ1) is 15.1. The van der Waals surface area contributed by atoms with Crippen LogP contribution in [0.4, 0.5) is 0 Å². The molecule has 2 rings (SSSR count). The number of morpholine rings is 1. The molecule has 5 heteroatoms. The summed E-state index contributed by atoms with van der Waals surface area (Å²) < 4.78 is 7.10. The Labute approximate surface area is 119 Å². The third kappa shape index (κ3) is 3.61. The van der Waals surface area contributed by atoms with Gasteiger partial charge in [-0.3, -0.25) is 9.69 Å². The molecule has 2 heterocycles. The summed E-state index contributed by atoms with van der Waals surface area (Å²) in [4.78, 5) is 14.4. The summed E-state index contributed by atoms with van der Waals surface area (Å²) in [5, 5.41) is 9.66. The van der Waals surface area contributed by atoms with E-state index in [0.717, 1.165) is 38.5 Å². The van der Waals surface area contributed by atoms with Crippen molar-refractivity contribution in [1.29, 1.82) is 0 Å². The van der Waals surface area contributed by atoms with Crippen molar-refractivity contribution in [2.24, 2.45) is 0 Å². The average Bonchev–Trinajstić information content (AvgIpc) is 2.37. The second-order valence-corrected chi connectivity index (χ2v) is 6.29. The number of aromatic nitrogens is 1. The van der Waals surface area contributed by atoms with E-state index in [0.29, 0.717) is 6.54 Å². The first-order valence-corrected chi connectivity index (χ1v) is 7.12. The maximum absolute atomic E-state index is 12.1. The van der Waals surface area contributed by atoms with Crippen LogP contribution in [-0.2, 0) is 16.7 Å². The quantitative estimate of drug-likeness (QED) is 0.903.